The van der Waals surface area contributed by atoms with Crippen molar-refractivity contribution in [3.8, 4) is 0 Å². The Morgan fingerprint density at radius 1 is 0.714 bits per heavy atom. The summed E-state index contributed by atoms with van der Waals surface area (Å²) < 4.78 is 0. The molecule has 0 amide bonds. The minimum Gasteiger partial charge on any atom is -0.358 e. The first-order valence-electron chi connectivity index (χ1n) is 3.43. The maximum Gasteiger partial charge on any atom is 5.00 e. The van der Waals surface area contributed by atoms with Crippen LogP contribution < -0.4 is 0 Å². The van der Waals surface area contributed by atoms with E-state index in [0.29, 0.717) is 0 Å². The normalized spacial score (nSPS) is 12.6. The van der Waals surface area contributed by atoms with E-state index in [9.17, 15) is 0 Å². The van der Waals surface area contributed by atoms with Crippen molar-refractivity contribution < 1.29 is 22.4 Å². The summed E-state index contributed by atoms with van der Waals surface area (Å²) in [5.74, 6) is 0. The molecule has 0 bridgehead atoms. The quantitative estimate of drug-likeness (QED) is 0.577. The third-order valence-electron chi connectivity index (χ3n) is 1.17. The van der Waals surface area contributed by atoms with Crippen molar-refractivity contribution in [3.05, 3.63) is 70.9 Å². The summed E-state index contributed by atoms with van der Waals surface area (Å²) in [7, 11) is 0. The molecule has 0 aliphatic heterocycles. The summed E-state index contributed by atoms with van der Waals surface area (Å²) in [6.07, 6.45) is 20.0. The maximum atomic E-state index is 2.99. The molecule has 0 fully saturated rings. The molecule has 2 aliphatic rings. The van der Waals surface area contributed by atoms with Gasteiger partial charge in [-0.2, -0.15) is 12.2 Å². The topological polar surface area (TPSA) is 0 Å². The average molecular weight is 356 g/mol. The van der Waals surface area contributed by atoms with Crippen molar-refractivity contribution in [1.82, 2.24) is 0 Å². The van der Waals surface area contributed by atoms with Crippen molar-refractivity contribution in [1.29, 1.82) is 0 Å². The molecule has 0 aromatic heterocycles. The van der Waals surface area contributed by atoms with Gasteiger partial charge in [-0.1, -0.05) is 0 Å². The van der Waals surface area contributed by atoms with Gasteiger partial charge in [0.2, 0.25) is 0 Å². The SMILES string of the molecule is [C-]1=CC=CC1.[C-]1=CC=CC1.[CH3-].[CH3-].[CH3-].[Ta+5]. The van der Waals surface area contributed by atoms with E-state index in [1.54, 1.807) is 0 Å². The summed E-state index contributed by atoms with van der Waals surface area (Å²) in [5.41, 5.74) is 0. The molecule has 0 N–H and O–H groups in total. The van der Waals surface area contributed by atoms with E-state index in [2.05, 4.69) is 24.3 Å². The Balaban J connectivity index is -0.0000000556. The average Bonchev–Trinajstić information content (AvgIpc) is 2.67. The van der Waals surface area contributed by atoms with Gasteiger partial charge < -0.3 is 22.3 Å². The first-order valence-corrected chi connectivity index (χ1v) is 3.43. The fourth-order valence-corrected chi connectivity index (χ4v) is 0.680. The van der Waals surface area contributed by atoms with Crippen molar-refractivity contribution in [2.24, 2.45) is 0 Å². The molecule has 0 aromatic carbocycles. The van der Waals surface area contributed by atoms with Crippen LogP contribution in [-0.4, -0.2) is 0 Å². The van der Waals surface area contributed by atoms with E-state index in [-0.39, 0.29) is 44.7 Å². The van der Waals surface area contributed by atoms with Gasteiger partial charge in [0.15, 0.2) is 0 Å². The third kappa shape index (κ3) is 14.2. The zero-order valence-corrected chi connectivity index (χ0v) is 12.5. The van der Waals surface area contributed by atoms with Crippen LogP contribution in [0.2, 0.25) is 0 Å². The van der Waals surface area contributed by atoms with Gasteiger partial charge in [0, 0.05) is 0 Å². The van der Waals surface area contributed by atoms with Gasteiger partial charge in [-0.05, 0) is 0 Å². The van der Waals surface area contributed by atoms with Gasteiger partial charge in [-0.15, -0.1) is 12.8 Å². The molecule has 0 atom stereocenters. The van der Waals surface area contributed by atoms with E-state index in [1.165, 1.54) is 0 Å². The fraction of sp³-hybridized carbons (Fsp3) is 0.154. The standard InChI is InChI=1S/2C5H5.3CH3.Ta/c2*1-2-4-5-3-1;;;;/h2*1-3H,4H2;3*1H3;/q5*-1;+5. The van der Waals surface area contributed by atoms with E-state index in [1.807, 2.05) is 24.3 Å². The van der Waals surface area contributed by atoms with Crippen LogP contribution in [0.1, 0.15) is 12.8 Å². The Labute approximate surface area is 106 Å². The molecule has 0 saturated heterocycles. The van der Waals surface area contributed by atoms with Crippen LogP contribution in [0.3, 0.4) is 0 Å². The molecule has 0 spiro atoms. The zero-order valence-electron chi connectivity index (χ0n) is 9.33. The molecule has 14 heavy (non-hydrogen) atoms. The Kier molecular flexibility index (Phi) is 31.0. The van der Waals surface area contributed by atoms with E-state index in [0.717, 1.165) is 12.8 Å². The summed E-state index contributed by atoms with van der Waals surface area (Å²) >= 11 is 0. The molecule has 0 saturated carbocycles. The van der Waals surface area contributed by atoms with E-state index < -0.39 is 0 Å². The van der Waals surface area contributed by atoms with Crippen LogP contribution >= 0.6 is 0 Å². The first-order chi connectivity index (χ1) is 5.00. The van der Waals surface area contributed by atoms with Crippen LogP contribution in [0.15, 0.2) is 36.5 Å². The largest absolute Gasteiger partial charge is 5.00 e. The Morgan fingerprint density at radius 2 is 1.07 bits per heavy atom. The monoisotopic (exact) mass is 356 g/mol. The van der Waals surface area contributed by atoms with Crippen LogP contribution in [0.5, 0.6) is 0 Å². The summed E-state index contributed by atoms with van der Waals surface area (Å²) in [5, 5.41) is 0. The predicted molar refractivity (Wildman–Crippen MR) is 62.4 cm³/mol. The van der Waals surface area contributed by atoms with Crippen molar-refractivity contribution in [2.45, 2.75) is 12.8 Å². The molecule has 1 heteroatoms. The number of allylic oxidation sites excluding steroid dienone is 8. The number of hydrogen-bond donors (Lipinski definition) is 0. The minimum absolute atomic E-state index is 0. The van der Waals surface area contributed by atoms with Crippen molar-refractivity contribution in [3.63, 3.8) is 0 Å². The second kappa shape index (κ2) is 18.5. The van der Waals surface area contributed by atoms with E-state index >= 15 is 0 Å². The number of hydrogen-bond acceptors (Lipinski definition) is 0. The maximum absolute atomic E-state index is 2.99. The first kappa shape index (κ1) is 23.5. The molecule has 0 unspecified atom stereocenters. The van der Waals surface area contributed by atoms with Crippen LogP contribution in [0.25, 0.3) is 0 Å². The zero-order chi connectivity index (χ0) is 7.07. The van der Waals surface area contributed by atoms with Gasteiger partial charge in [-0.3, -0.25) is 12.2 Å². The summed E-state index contributed by atoms with van der Waals surface area (Å²) in [4.78, 5) is 0. The molecule has 0 heterocycles. The predicted octanol–water partition coefficient (Wildman–Crippen LogP) is 3.96. The van der Waals surface area contributed by atoms with Gasteiger partial charge in [0.05, 0.1) is 0 Å². The van der Waals surface area contributed by atoms with Gasteiger partial charge in [0.1, 0.15) is 0 Å². The summed E-state index contributed by atoms with van der Waals surface area (Å²) in [6.45, 7) is 0. The molecule has 0 radical (unpaired) electrons. The molecule has 0 nitrogen and oxygen atoms in total. The fourth-order valence-electron chi connectivity index (χ4n) is 0.680. The second-order valence-electron chi connectivity index (χ2n) is 2.01. The van der Waals surface area contributed by atoms with Gasteiger partial charge in [-0.25, -0.2) is 24.3 Å². The van der Waals surface area contributed by atoms with Crippen molar-refractivity contribution in [2.75, 3.05) is 0 Å². The van der Waals surface area contributed by atoms with Crippen LogP contribution in [0.4, 0.5) is 0 Å². The van der Waals surface area contributed by atoms with Crippen LogP contribution in [-0.2, 0) is 22.4 Å². The smallest absolute Gasteiger partial charge is 0.358 e. The molecule has 2 aliphatic carbocycles. The second-order valence-corrected chi connectivity index (χ2v) is 2.01. The minimum atomic E-state index is 0. The number of rotatable bonds is 0. The molecule has 0 aromatic rings. The molecule has 2 rings (SSSR count). The molecular formula is C13H19Ta. The molecular weight excluding hydrogens is 337 g/mol. The van der Waals surface area contributed by atoms with Crippen LogP contribution in [0, 0.1) is 34.4 Å². The Morgan fingerprint density at radius 3 is 1.14 bits per heavy atom. The van der Waals surface area contributed by atoms with Gasteiger partial charge >= 0.3 is 22.4 Å². The third-order valence-corrected chi connectivity index (χ3v) is 1.17. The summed E-state index contributed by atoms with van der Waals surface area (Å²) in [6, 6.07) is 0. The Bertz CT molecular complexity index is 143. The van der Waals surface area contributed by atoms with E-state index in [4.69, 9.17) is 0 Å². The van der Waals surface area contributed by atoms with Crippen molar-refractivity contribution >= 4 is 0 Å². The Hall–Kier alpha value is -0.300. The van der Waals surface area contributed by atoms with Gasteiger partial charge in [0.25, 0.3) is 0 Å². The molecule has 76 valence electrons.